The van der Waals surface area contributed by atoms with E-state index in [0.717, 1.165) is 11.4 Å². The van der Waals surface area contributed by atoms with E-state index in [1.807, 2.05) is 13.0 Å². The van der Waals surface area contributed by atoms with Crippen LogP contribution >= 0.6 is 0 Å². The van der Waals surface area contributed by atoms with Crippen LogP contribution < -0.4 is 0 Å². The third-order valence-corrected chi connectivity index (χ3v) is 1.95. The molecule has 1 aromatic rings. The van der Waals surface area contributed by atoms with Gasteiger partial charge in [0.15, 0.2) is 0 Å². The van der Waals surface area contributed by atoms with E-state index in [9.17, 15) is 9.59 Å². The minimum absolute atomic E-state index is 0.0221. The van der Waals surface area contributed by atoms with Crippen LogP contribution in [0.15, 0.2) is 6.07 Å². The van der Waals surface area contributed by atoms with Crippen molar-refractivity contribution in [2.75, 3.05) is 0 Å². The normalized spacial score (nSPS) is 10.1. The number of nitrogens with zero attached hydrogens (tertiary/aromatic N) is 2. The molecule has 0 radical (unpaired) electrons. The molecule has 0 aliphatic heterocycles. The van der Waals surface area contributed by atoms with Crippen LogP contribution in [0.25, 0.3) is 0 Å². The molecule has 1 aromatic heterocycles. The van der Waals surface area contributed by atoms with Crippen molar-refractivity contribution in [3.05, 3.63) is 17.5 Å². The summed E-state index contributed by atoms with van der Waals surface area (Å²) in [5.74, 6) is -2.13. The van der Waals surface area contributed by atoms with E-state index in [-0.39, 0.29) is 6.42 Å². The first-order chi connectivity index (χ1) is 6.50. The van der Waals surface area contributed by atoms with Gasteiger partial charge in [-0.3, -0.25) is 9.48 Å². The number of carboxylic acids is 1. The smallest absolute Gasteiger partial charge is 0.372 e. The van der Waals surface area contributed by atoms with Crippen LogP contribution in [-0.4, -0.2) is 26.6 Å². The zero-order chi connectivity index (χ0) is 10.7. The minimum Gasteiger partial charge on any atom is -0.476 e. The van der Waals surface area contributed by atoms with Crippen molar-refractivity contribution < 1.29 is 14.7 Å². The highest BCUT2D eigenvalue weighted by Gasteiger charge is 2.12. The zero-order valence-corrected chi connectivity index (χ0v) is 8.15. The zero-order valence-electron chi connectivity index (χ0n) is 8.15. The lowest BCUT2D eigenvalue weighted by Gasteiger charge is -1.98. The molecule has 0 aliphatic rings. The lowest BCUT2D eigenvalue weighted by Crippen LogP contribution is -2.13. The topological polar surface area (TPSA) is 72.2 Å². The molecule has 76 valence electrons. The maximum absolute atomic E-state index is 10.8. The average Bonchev–Trinajstić information content (AvgIpc) is 2.40. The van der Waals surface area contributed by atoms with Crippen LogP contribution in [0.3, 0.4) is 0 Å². The number of carbonyl (C=O) groups excluding carboxylic acids is 1. The molecule has 5 nitrogen and oxygen atoms in total. The number of carboxylic acid groups (broad SMARTS) is 1. The third-order valence-electron chi connectivity index (χ3n) is 1.95. The van der Waals surface area contributed by atoms with Gasteiger partial charge in [-0.15, -0.1) is 0 Å². The van der Waals surface area contributed by atoms with E-state index in [1.54, 1.807) is 11.7 Å². The fourth-order valence-corrected chi connectivity index (χ4v) is 1.25. The number of aromatic nitrogens is 2. The fraction of sp³-hybridized carbons (Fsp3) is 0.444. The van der Waals surface area contributed by atoms with E-state index < -0.39 is 11.8 Å². The molecular formula is C9H12N2O3. The fourth-order valence-electron chi connectivity index (χ4n) is 1.25. The standard InChI is InChI=1S/C9H12N2O3/c1-6-5-7(11(2)10-6)3-4-8(12)9(13)14/h5H,3-4H2,1-2H3,(H,13,14). The molecule has 0 saturated heterocycles. The number of rotatable bonds is 4. The Morgan fingerprint density at radius 3 is 2.64 bits per heavy atom. The maximum atomic E-state index is 10.8. The maximum Gasteiger partial charge on any atom is 0.372 e. The van der Waals surface area contributed by atoms with Crippen molar-refractivity contribution in [3.8, 4) is 0 Å². The Labute approximate surface area is 81.3 Å². The van der Waals surface area contributed by atoms with Crippen LogP contribution in [0.5, 0.6) is 0 Å². The highest BCUT2D eigenvalue weighted by atomic mass is 16.4. The molecule has 1 heterocycles. The molecule has 14 heavy (non-hydrogen) atoms. The van der Waals surface area contributed by atoms with Crippen molar-refractivity contribution in [2.45, 2.75) is 19.8 Å². The van der Waals surface area contributed by atoms with Crippen LogP contribution in [0, 0.1) is 6.92 Å². The monoisotopic (exact) mass is 196 g/mol. The first-order valence-corrected chi connectivity index (χ1v) is 4.26. The summed E-state index contributed by atoms with van der Waals surface area (Å²) in [7, 11) is 1.77. The Hall–Kier alpha value is -1.65. The minimum atomic E-state index is -1.37. The van der Waals surface area contributed by atoms with Gasteiger partial charge in [0.05, 0.1) is 5.69 Å². The SMILES string of the molecule is Cc1cc(CCC(=O)C(=O)O)n(C)n1. The predicted molar refractivity (Wildman–Crippen MR) is 48.9 cm³/mol. The largest absolute Gasteiger partial charge is 0.476 e. The van der Waals surface area contributed by atoms with Gasteiger partial charge in [-0.2, -0.15) is 5.10 Å². The molecular weight excluding hydrogens is 184 g/mol. The Morgan fingerprint density at radius 1 is 1.57 bits per heavy atom. The van der Waals surface area contributed by atoms with Crippen molar-refractivity contribution >= 4 is 11.8 Å². The Bertz CT molecular complexity index is 368. The molecule has 0 fully saturated rings. The molecule has 0 saturated carbocycles. The summed E-state index contributed by atoms with van der Waals surface area (Å²) in [4.78, 5) is 21.0. The number of carbonyl (C=O) groups is 2. The van der Waals surface area contributed by atoms with E-state index in [1.165, 1.54) is 0 Å². The summed E-state index contributed by atoms with van der Waals surface area (Å²) < 4.78 is 1.66. The third kappa shape index (κ3) is 2.42. The second kappa shape index (κ2) is 4.04. The van der Waals surface area contributed by atoms with Gasteiger partial charge in [0, 0.05) is 19.2 Å². The quantitative estimate of drug-likeness (QED) is 0.703. The summed E-state index contributed by atoms with van der Waals surface area (Å²) in [6, 6.07) is 1.84. The lowest BCUT2D eigenvalue weighted by atomic mass is 10.2. The first-order valence-electron chi connectivity index (χ1n) is 4.26. The van der Waals surface area contributed by atoms with Crippen LogP contribution in [0.1, 0.15) is 17.8 Å². The summed E-state index contributed by atoms with van der Waals surface area (Å²) >= 11 is 0. The molecule has 1 N–H and O–H groups in total. The molecule has 0 atom stereocenters. The van der Waals surface area contributed by atoms with Gasteiger partial charge >= 0.3 is 5.97 Å². The predicted octanol–water partition coefficient (Wildman–Crippen LogP) is 0.315. The molecule has 0 bridgehead atoms. The van der Waals surface area contributed by atoms with Crippen LogP contribution in [0.2, 0.25) is 0 Å². The van der Waals surface area contributed by atoms with Crippen molar-refractivity contribution in [1.82, 2.24) is 9.78 Å². The lowest BCUT2D eigenvalue weighted by molar-refractivity contribution is -0.149. The molecule has 0 aliphatic carbocycles. The van der Waals surface area contributed by atoms with Gasteiger partial charge < -0.3 is 5.11 Å². The number of aliphatic carboxylic acids is 1. The number of hydrogen-bond donors (Lipinski definition) is 1. The van der Waals surface area contributed by atoms with Crippen LogP contribution in [0.4, 0.5) is 0 Å². The Morgan fingerprint density at radius 2 is 2.21 bits per heavy atom. The van der Waals surface area contributed by atoms with Gasteiger partial charge in [-0.1, -0.05) is 0 Å². The van der Waals surface area contributed by atoms with Crippen molar-refractivity contribution in [1.29, 1.82) is 0 Å². The molecule has 0 spiro atoms. The number of aryl methyl sites for hydroxylation is 3. The van der Waals surface area contributed by atoms with E-state index >= 15 is 0 Å². The molecule has 0 aromatic carbocycles. The van der Waals surface area contributed by atoms with Gasteiger partial charge in [-0.05, 0) is 19.4 Å². The summed E-state index contributed by atoms with van der Waals surface area (Å²) in [6.07, 6.45) is 0.441. The molecule has 5 heteroatoms. The van der Waals surface area contributed by atoms with E-state index in [2.05, 4.69) is 5.10 Å². The van der Waals surface area contributed by atoms with E-state index in [4.69, 9.17) is 5.11 Å². The van der Waals surface area contributed by atoms with Crippen molar-refractivity contribution in [3.63, 3.8) is 0 Å². The highest BCUT2D eigenvalue weighted by molar-refractivity contribution is 6.32. The summed E-state index contributed by atoms with van der Waals surface area (Å²) in [5.41, 5.74) is 1.74. The average molecular weight is 196 g/mol. The Kier molecular flexibility index (Phi) is 3.01. The summed E-state index contributed by atoms with van der Waals surface area (Å²) in [6.45, 7) is 1.85. The van der Waals surface area contributed by atoms with Gasteiger partial charge in [0.2, 0.25) is 5.78 Å². The van der Waals surface area contributed by atoms with Gasteiger partial charge in [-0.25, -0.2) is 4.79 Å². The second-order valence-electron chi connectivity index (χ2n) is 3.13. The Balaban J connectivity index is 2.58. The molecule has 0 amide bonds. The summed E-state index contributed by atoms with van der Waals surface area (Å²) in [5, 5.41) is 12.5. The highest BCUT2D eigenvalue weighted by Crippen LogP contribution is 2.05. The van der Waals surface area contributed by atoms with Gasteiger partial charge in [0.1, 0.15) is 0 Å². The molecule has 0 unspecified atom stereocenters. The van der Waals surface area contributed by atoms with Crippen molar-refractivity contribution in [2.24, 2.45) is 7.05 Å². The first kappa shape index (κ1) is 10.4. The molecule has 1 rings (SSSR count). The number of hydrogen-bond acceptors (Lipinski definition) is 3. The number of Topliss-reactive ketones (excluding diaryl/α,β-unsaturated/α-hetero) is 1. The van der Waals surface area contributed by atoms with E-state index in [0.29, 0.717) is 6.42 Å². The van der Waals surface area contributed by atoms with Gasteiger partial charge in [0.25, 0.3) is 0 Å². The number of ketones is 1. The second-order valence-corrected chi connectivity index (χ2v) is 3.13. The van der Waals surface area contributed by atoms with Crippen LogP contribution in [-0.2, 0) is 23.1 Å².